The first-order valence-electron chi connectivity index (χ1n) is 7.69. The Morgan fingerprint density at radius 1 is 1.19 bits per heavy atom. The summed E-state index contributed by atoms with van der Waals surface area (Å²) in [5.74, 6) is 1.32. The summed E-state index contributed by atoms with van der Waals surface area (Å²) < 4.78 is 12.1. The third-order valence-corrected chi connectivity index (χ3v) is 4.91. The van der Waals surface area contributed by atoms with Crippen molar-refractivity contribution in [1.29, 1.82) is 0 Å². The number of nitrogens with zero attached hydrogens (tertiary/aromatic N) is 4. The van der Waals surface area contributed by atoms with E-state index in [-0.39, 0.29) is 5.95 Å². The number of methoxy groups -OCH3 is 1. The first kappa shape index (κ1) is 19.5. The van der Waals surface area contributed by atoms with E-state index in [4.69, 9.17) is 38.4 Å². The predicted molar refractivity (Wildman–Crippen MR) is 107 cm³/mol. The fourth-order valence-corrected chi connectivity index (χ4v) is 3.20. The van der Waals surface area contributed by atoms with E-state index in [0.29, 0.717) is 34.7 Å². The second-order valence-electron chi connectivity index (χ2n) is 5.43. The molecule has 3 aromatic rings. The Bertz CT molecular complexity index is 953. The summed E-state index contributed by atoms with van der Waals surface area (Å²) in [5.41, 5.74) is 10.4. The van der Waals surface area contributed by atoms with Gasteiger partial charge >= 0.3 is 0 Å². The maximum absolute atomic E-state index is 6.04. The number of aromatic nitrogens is 4. The molecule has 27 heavy (non-hydrogen) atoms. The number of anilines is 1. The molecule has 0 bridgehead atoms. The van der Waals surface area contributed by atoms with Crippen LogP contribution in [-0.2, 0) is 13.2 Å². The van der Waals surface area contributed by atoms with Crippen molar-refractivity contribution in [2.45, 2.75) is 13.2 Å². The number of hydrogen-bond donors (Lipinski definition) is 2. The fraction of sp³-hybridized carbons (Fsp3) is 0.188. The normalized spacial score (nSPS) is 10.7. The van der Waals surface area contributed by atoms with Gasteiger partial charge in [0.15, 0.2) is 11.5 Å². The van der Waals surface area contributed by atoms with Gasteiger partial charge in [0, 0.05) is 0 Å². The molecule has 11 heteroatoms. The highest BCUT2D eigenvalue weighted by molar-refractivity contribution is 9.10. The summed E-state index contributed by atoms with van der Waals surface area (Å²) in [7, 11) is 1.57. The van der Waals surface area contributed by atoms with Gasteiger partial charge in [-0.1, -0.05) is 34.4 Å². The zero-order valence-corrected chi connectivity index (χ0v) is 17.2. The lowest BCUT2D eigenvalue weighted by atomic mass is 10.2. The molecule has 0 aliphatic heterocycles. The largest absolute Gasteiger partial charge is 0.493 e. The monoisotopic (exact) mass is 472 g/mol. The van der Waals surface area contributed by atoms with Gasteiger partial charge in [0.05, 0.1) is 28.2 Å². The van der Waals surface area contributed by atoms with Gasteiger partial charge in [0.25, 0.3) is 5.95 Å². The van der Waals surface area contributed by atoms with Crippen LogP contribution in [0.3, 0.4) is 0 Å². The molecule has 0 saturated heterocycles. The van der Waals surface area contributed by atoms with Gasteiger partial charge in [-0.3, -0.25) is 0 Å². The van der Waals surface area contributed by atoms with Crippen LogP contribution in [0.1, 0.15) is 11.1 Å². The van der Waals surface area contributed by atoms with Gasteiger partial charge in [-0.05, 0) is 61.7 Å². The van der Waals surface area contributed by atoms with E-state index in [0.717, 1.165) is 15.6 Å². The number of nitrogens with two attached hydrogens (primary N) is 1. The molecule has 1 heterocycles. The molecule has 0 aliphatic rings. The number of ether oxygens (including phenoxy) is 2. The number of tetrazole rings is 1. The Morgan fingerprint density at radius 3 is 2.67 bits per heavy atom. The van der Waals surface area contributed by atoms with Gasteiger partial charge in [-0.2, -0.15) is 0 Å². The lowest BCUT2D eigenvalue weighted by Crippen LogP contribution is -2.18. The second-order valence-corrected chi connectivity index (χ2v) is 7.10. The Balaban J connectivity index is 1.73. The third-order valence-electron chi connectivity index (χ3n) is 3.58. The lowest BCUT2D eigenvalue weighted by molar-refractivity contribution is 0.282. The van der Waals surface area contributed by atoms with Crippen molar-refractivity contribution in [2.24, 2.45) is 0 Å². The Labute approximate surface area is 173 Å². The minimum Gasteiger partial charge on any atom is -0.493 e. The Hall–Kier alpha value is -2.23. The average Bonchev–Trinajstić information content (AvgIpc) is 3.06. The zero-order chi connectivity index (χ0) is 19.4. The van der Waals surface area contributed by atoms with Crippen LogP contribution in [0.4, 0.5) is 5.95 Å². The third kappa shape index (κ3) is 4.74. The lowest BCUT2D eigenvalue weighted by Gasteiger charge is -2.15. The minimum absolute atomic E-state index is 0.169. The van der Waals surface area contributed by atoms with Crippen LogP contribution in [-0.4, -0.2) is 27.4 Å². The quantitative estimate of drug-likeness (QED) is 0.540. The molecule has 0 fully saturated rings. The molecule has 3 N–H and O–H groups in total. The van der Waals surface area contributed by atoms with Crippen molar-refractivity contribution in [3.63, 3.8) is 0 Å². The maximum atomic E-state index is 6.04. The minimum atomic E-state index is 0.169. The summed E-state index contributed by atoms with van der Waals surface area (Å²) in [4.78, 5) is 1.29. The van der Waals surface area contributed by atoms with Crippen LogP contribution >= 0.6 is 39.1 Å². The fourth-order valence-electron chi connectivity index (χ4n) is 2.27. The Morgan fingerprint density at radius 2 is 2.00 bits per heavy atom. The molecular weight excluding hydrogens is 459 g/mol. The summed E-state index contributed by atoms with van der Waals surface area (Å²) in [6.45, 7) is 0.738. The smallest absolute Gasteiger partial charge is 0.260 e. The molecular formula is C16H15BrCl2N6O2. The van der Waals surface area contributed by atoms with E-state index < -0.39 is 0 Å². The summed E-state index contributed by atoms with van der Waals surface area (Å²) in [6, 6.07) is 9.10. The van der Waals surface area contributed by atoms with Crippen LogP contribution < -0.4 is 20.6 Å². The molecule has 0 amide bonds. The highest BCUT2D eigenvalue weighted by Gasteiger charge is 2.13. The molecule has 0 atom stereocenters. The number of halogens is 3. The van der Waals surface area contributed by atoms with Crippen molar-refractivity contribution in [3.05, 3.63) is 56.0 Å². The topological polar surface area (TPSA) is 100 Å². The molecule has 3 rings (SSSR count). The average molecular weight is 474 g/mol. The van der Waals surface area contributed by atoms with Gasteiger partial charge in [-0.15, -0.1) is 4.79 Å². The van der Waals surface area contributed by atoms with E-state index in [1.807, 2.05) is 18.2 Å². The van der Waals surface area contributed by atoms with Crippen LogP contribution in [0.5, 0.6) is 11.5 Å². The molecule has 142 valence electrons. The van der Waals surface area contributed by atoms with E-state index >= 15 is 0 Å². The standard InChI is InChI=1S/C16H15BrCl2N6O2/c1-26-14-6-10(7-21-25-16(20)22-23-24-25)4-11(17)15(14)27-8-9-2-3-12(18)13(19)5-9/h2-6,21H,7-8H2,1H3,(H2,20,22,24). The SMILES string of the molecule is COc1cc(CNn2nnnc2N)cc(Br)c1OCc1ccc(Cl)c(Cl)c1. The van der Waals surface area contributed by atoms with Crippen molar-refractivity contribution in [3.8, 4) is 11.5 Å². The Kier molecular flexibility index (Phi) is 6.25. The molecule has 2 aromatic carbocycles. The number of nitrogen functional groups attached to an aromatic ring is 1. The van der Waals surface area contributed by atoms with Crippen LogP contribution in [0.2, 0.25) is 10.0 Å². The van der Waals surface area contributed by atoms with Crippen molar-refractivity contribution in [2.75, 3.05) is 18.3 Å². The zero-order valence-electron chi connectivity index (χ0n) is 14.1. The van der Waals surface area contributed by atoms with Gasteiger partial charge in [-0.25, -0.2) is 0 Å². The molecule has 0 aliphatic carbocycles. The van der Waals surface area contributed by atoms with Crippen molar-refractivity contribution >= 4 is 45.1 Å². The maximum Gasteiger partial charge on any atom is 0.260 e. The van der Waals surface area contributed by atoms with Gasteiger partial charge in [0.2, 0.25) is 0 Å². The summed E-state index contributed by atoms with van der Waals surface area (Å²) in [5, 5.41) is 11.8. The number of benzene rings is 2. The van der Waals surface area contributed by atoms with Gasteiger partial charge < -0.3 is 20.6 Å². The number of hydrogen-bond acceptors (Lipinski definition) is 7. The number of rotatable bonds is 7. The molecule has 0 spiro atoms. The summed E-state index contributed by atoms with van der Waals surface area (Å²) >= 11 is 15.5. The van der Waals surface area contributed by atoms with Crippen LogP contribution in [0, 0.1) is 0 Å². The first-order valence-corrected chi connectivity index (χ1v) is 9.23. The van der Waals surface area contributed by atoms with E-state index in [1.165, 1.54) is 4.79 Å². The van der Waals surface area contributed by atoms with Crippen molar-refractivity contribution in [1.82, 2.24) is 20.3 Å². The van der Waals surface area contributed by atoms with Crippen molar-refractivity contribution < 1.29 is 9.47 Å². The summed E-state index contributed by atoms with van der Waals surface area (Å²) in [6.07, 6.45) is 0. The molecule has 1 aromatic heterocycles. The predicted octanol–water partition coefficient (Wildman–Crippen LogP) is 3.66. The molecule has 0 radical (unpaired) electrons. The van der Waals surface area contributed by atoms with E-state index in [1.54, 1.807) is 19.2 Å². The number of nitrogens with one attached hydrogen (secondary N) is 1. The van der Waals surface area contributed by atoms with E-state index in [2.05, 4.69) is 36.9 Å². The molecule has 0 saturated carbocycles. The van der Waals surface area contributed by atoms with Crippen LogP contribution in [0.25, 0.3) is 0 Å². The molecule has 0 unspecified atom stereocenters. The van der Waals surface area contributed by atoms with Gasteiger partial charge in [0.1, 0.15) is 6.61 Å². The van der Waals surface area contributed by atoms with E-state index in [9.17, 15) is 0 Å². The second kappa shape index (κ2) is 8.64. The first-order chi connectivity index (χ1) is 13.0. The highest BCUT2D eigenvalue weighted by Crippen LogP contribution is 2.37. The molecule has 8 nitrogen and oxygen atoms in total. The van der Waals surface area contributed by atoms with Crippen LogP contribution in [0.15, 0.2) is 34.8 Å². The highest BCUT2D eigenvalue weighted by atomic mass is 79.9.